The molecule has 5 nitrogen and oxygen atoms in total. The molecule has 114 valence electrons. The van der Waals surface area contributed by atoms with E-state index in [0.29, 0.717) is 17.9 Å². The number of sulfonamides is 1. The van der Waals surface area contributed by atoms with Gasteiger partial charge in [0.15, 0.2) is 0 Å². The zero-order valence-electron chi connectivity index (χ0n) is 12.0. The van der Waals surface area contributed by atoms with Crippen molar-refractivity contribution >= 4 is 32.7 Å². The van der Waals surface area contributed by atoms with Crippen molar-refractivity contribution in [3.05, 3.63) is 40.6 Å². The summed E-state index contributed by atoms with van der Waals surface area (Å²) in [6.07, 6.45) is 0. The van der Waals surface area contributed by atoms with Crippen LogP contribution in [0.5, 0.6) is 0 Å². The number of nitrogens with zero attached hydrogens (tertiary/aromatic N) is 1. The maximum absolute atomic E-state index is 11.5. The first kappa shape index (κ1) is 15.8. The van der Waals surface area contributed by atoms with E-state index < -0.39 is 10.0 Å². The van der Waals surface area contributed by atoms with Gasteiger partial charge in [-0.05, 0) is 43.5 Å². The Bertz CT molecular complexity index is 710. The number of thiophene rings is 1. The number of anilines is 2. The van der Waals surface area contributed by atoms with Gasteiger partial charge in [-0.25, -0.2) is 13.6 Å². The maximum Gasteiger partial charge on any atom is 0.238 e. The van der Waals surface area contributed by atoms with Crippen LogP contribution in [0.25, 0.3) is 0 Å². The zero-order chi connectivity index (χ0) is 15.6. The second kappa shape index (κ2) is 6.05. The van der Waals surface area contributed by atoms with Crippen LogP contribution in [0.15, 0.2) is 40.6 Å². The molecule has 1 heterocycles. The fourth-order valence-corrected chi connectivity index (χ4v) is 3.30. The summed E-state index contributed by atoms with van der Waals surface area (Å²) < 4.78 is 23.1. The molecule has 0 aliphatic rings. The van der Waals surface area contributed by atoms with E-state index in [1.165, 1.54) is 17.0 Å². The third-order valence-corrected chi connectivity index (χ3v) is 4.94. The molecular weight excluding hydrogens is 306 g/mol. The highest BCUT2D eigenvalue weighted by Crippen LogP contribution is 2.30. The van der Waals surface area contributed by atoms with Crippen molar-refractivity contribution in [1.29, 1.82) is 0 Å². The molecule has 0 radical (unpaired) electrons. The normalized spacial score (nSPS) is 11.8. The Hall–Kier alpha value is -1.57. The van der Waals surface area contributed by atoms with Crippen molar-refractivity contribution in [2.75, 3.05) is 10.6 Å². The molecule has 0 aliphatic carbocycles. The molecule has 2 aromatic rings. The second-order valence-electron chi connectivity index (χ2n) is 5.07. The van der Waals surface area contributed by atoms with Crippen LogP contribution in [-0.4, -0.2) is 14.5 Å². The first-order valence-electron chi connectivity index (χ1n) is 6.50. The van der Waals surface area contributed by atoms with E-state index >= 15 is 0 Å². The van der Waals surface area contributed by atoms with Crippen LogP contribution in [0.1, 0.15) is 18.7 Å². The van der Waals surface area contributed by atoms with Gasteiger partial charge in [0.25, 0.3) is 0 Å². The summed E-state index contributed by atoms with van der Waals surface area (Å²) in [4.78, 5) is 3.32. The summed E-state index contributed by atoms with van der Waals surface area (Å²) >= 11 is 1.65. The fourth-order valence-electron chi connectivity index (χ4n) is 2.07. The molecule has 1 aromatic carbocycles. The van der Waals surface area contributed by atoms with Crippen LogP contribution in [0.2, 0.25) is 0 Å². The number of hydrogen-bond acceptors (Lipinski definition) is 5. The third-order valence-electron chi connectivity index (χ3n) is 3.17. The van der Waals surface area contributed by atoms with Crippen LogP contribution >= 0.6 is 11.3 Å². The van der Waals surface area contributed by atoms with Gasteiger partial charge in [0.05, 0.1) is 22.8 Å². The lowest BCUT2D eigenvalue weighted by Crippen LogP contribution is -2.30. The lowest BCUT2D eigenvalue weighted by atomic mass is 10.2. The summed E-state index contributed by atoms with van der Waals surface area (Å²) in [7, 11) is -3.74. The summed E-state index contributed by atoms with van der Waals surface area (Å²) in [5.41, 5.74) is 7.25. The maximum atomic E-state index is 11.5. The first-order valence-corrected chi connectivity index (χ1v) is 8.93. The second-order valence-corrected chi connectivity index (χ2v) is 7.66. The molecule has 0 unspecified atom stereocenters. The van der Waals surface area contributed by atoms with E-state index in [2.05, 4.69) is 4.90 Å². The number of hydrogen-bond donors (Lipinski definition) is 2. The molecular formula is C14H19N3O2S2. The van der Waals surface area contributed by atoms with Gasteiger partial charge in [0.2, 0.25) is 10.0 Å². The molecule has 2 rings (SSSR count). The van der Waals surface area contributed by atoms with Gasteiger partial charge < -0.3 is 10.6 Å². The van der Waals surface area contributed by atoms with Gasteiger partial charge in [-0.3, -0.25) is 0 Å². The van der Waals surface area contributed by atoms with Crippen molar-refractivity contribution in [3.8, 4) is 0 Å². The predicted molar refractivity (Wildman–Crippen MR) is 87.9 cm³/mol. The Morgan fingerprint density at radius 2 is 2.00 bits per heavy atom. The first-order chi connectivity index (χ1) is 9.79. The number of primary sulfonamides is 1. The average Bonchev–Trinajstić information content (AvgIpc) is 2.88. The number of nitrogen functional groups attached to an aromatic ring is 1. The van der Waals surface area contributed by atoms with Crippen LogP contribution in [-0.2, 0) is 16.6 Å². The summed E-state index contributed by atoms with van der Waals surface area (Å²) in [5, 5.41) is 7.21. The van der Waals surface area contributed by atoms with Crippen molar-refractivity contribution in [2.45, 2.75) is 31.3 Å². The van der Waals surface area contributed by atoms with E-state index in [1.807, 2.05) is 31.4 Å². The SMILES string of the molecule is CC(C)N(Cc1cccs1)c1cc(S(N)(=O)=O)ccc1N. The Morgan fingerprint density at radius 3 is 2.52 bits per heavy atom. The largest absolute Gasteiger partial charge is 0.397 e. The molecule has 0 atom stereocenters. The highest BCUT2D eigenvalue weighted by molar-refractivity contribution is 7.89. The Morgan fingerprint density at radius 1 is 1.29 bits per heavy atom. The molecule has 1 aromatic heterocycles. The van der Waals surface area contributed by atoms with Crippen LogP contribution < -0.4 is 15.8 Å². The molecule has 0 saturated heterocycles. The van der Waals surface area contributed by atoms with Crippen molar-refractivity contribution in [2.24, 2.45) is 5.14 Å². The molecule has 0 aliphatic heterocycles. The molecule has 21 heavy (non-hydrogen) atoms. The van der Waals surface area contributed by atoms with E-state index in [-0.39, 0.29) is 10.9 Å². The Labute approximate surface area is 129 Å². The number of nitrogens with two attached hydrogens (primary N) is 2. The Balaban J connectivity index is 2.44. The minimum absolute atomic E-state index is 0.0727. The molecule has 7 heteroatoms. The van der Waals surface area contributed by atoms with E-state index in [4.69, 9.17) is 10.9 Å². The fraction of sp³-hybridized carbons (Fsp3) is 0.286. The number of benzene rings is 1. The van der Waals surface area contributed by atoms with Gasteiger partial charge >= 0.3 is 0 Å². The lowest BCUT2D eigenvalue weighted by molar-refractivity contribution is 0.597. The van der Waals surface area contributed by atoms with Crippen molar-refractivity contribution < 1.29 is 8.42 Å². The standard InChI is InChI=1S/C14H19N3O2S2/c1-10(2)17(9-11-4-3-7-20-11)14-8-12(21(16,18)19)5-6-13(14)15/h3-8,10H,9,15H2,1-2H3,(H2,16,18,19). The molecule has 0 saturated carbocycles. The highest BCUT2D eigenvalue weighted by Gasteiger charge is 2.18. The lowest BCUT2D eigenvalue weighted by Gasteiger charge is -2.30. The summed E-state index contributed by atoms with van der Waals surface area (Å²) in [5.74, 6) is 0. The minimum atomic E-state index is -3.74. The smallest absolute Gasteiger partial charge is 0.238 e. The predicted octanol–water partition coefficient (Wildman–Crippen LogP) is 2.39. The molecule has 0 bridgehead atoms. The molecule has 0 amide bonds. The van der Waals surface area contributed by atoms with Crippen LogP contribution in [0.3, 0.4) is 0 Å². The summed E-state index contributed by atoms with van der Waals surface area (Å²) in [6.45, 7) is 4.75. The van der Waals surface area contributed by atoms with Gasteiger partial charge in [-0.1, -0.05) is 6.07 Å². The van der Waals surface area contributed by atoms with Crippen LogP contribution in [0, 0.1) is 0 Å². The minimum Gasteiger partial charge on any atom is -0.397 e. The average molecular weight is 325 g/mol. The van der Waals surface area contributed by atoms with Gasteiger partial charge in [0.1, 0.15) is 0 Å². The van der Waals surface area contributed by atoms with E-state index in [0.717, 1.165) is 0 Å². The summed E-state index contributed by atoms with van der Waals surface area (Å²) in [6, 6.07) is 8.75. The van der Waals surface area contributed by atoms with E-state index in [1.54, 1.807) is 17.4 Å². The van der Waals surface area contributed by atoms with Gasteiger partial charge in [-0.15, -0.1) is 11.3 Å². The third kappa shape index (κ3) is 3.75. The topological polar surface area (TPSA) is 89.4 Å². The molecule has 4 N–H and O–H groups in total. The van der Waals surface area contributed by atoms with Gasteiger partial charge in [-0.2, -0.15) is 0 Å². The quantitative estimate of drug-likeness (QED) is 0.826. The zero-order valence-corrected chi connectivity index (χ0v) is 13.6. The molecule has 0 spiro atoms. The van der Waals surface area contributed by atoms with E-state index in [9.17, 15) is 8.42 Å². The molecule has 0 fully saturated rings. The van der Waals surface area contributed by atoms with Crippen molar-refractivity contribution in [3.63, 3.8) is 0 Å². The number of rotatable bonds is 5. The van der Waals surface area contributed by atoms with Crippen molar-refractivity contribution in [1.82, 2.24) is 0 Å². The monoisotopic (exact) mass is 325 g/mol. The highest BCUT2D eigenvalue weighted by atomic mass is 32.2. The van der Waals surface area contributed by atoms with Crippen LogP contribution in [0.4, 0.5) is 11.4 Å². The Kier molecular flexibility index (Phi) is 4.55. The van der Waals surface area contributed by atoms with Gasteiger partial charge in [0, 0.05) is 10.9 Å².